The van der Waals surface area contributed by atoms with E-state index in [0.29, 0.717) is 21.6 Å². The van der Waals surface area contributed by atoms with Gasteiger partial charge in [0.2, 0.25) is 0 Å². The summed E-state index contributed by atoms with van der Waals surface area (Å²) in [5, 5.41) is 0. The molecule has 0 radical (unpaired) electrons. The molecule has 0 unspecified atom stereocenters. The molecule has 0 aliphatic heterocycles. The Labute approximate surface area is 114 Å². The molecule has 10 heteroatoms. The molecule has 0 bridgehead atoms. The van der Waals surface area contributed by atoms with Gasteiger partial charge in [-0.3, -0.25) is 9.52 Å². The van der Waals surface area contributed by atoms with Crippen molar-refractivity contribution in [2.75, 3.05) is 4.72 Å². The molecule has 96 valence electrons. The molecule has 2 aromatic rings. The second kappa shape index (κ2) is 4.78. The number of hydrogen-bond donors (Lipinski definition) is 2. The number of nitrogens with zero attached hydrogens (tertiary/aromatic N) is 2. The summed E-state index contributed by atoms with van der Waals surface area (Å²) in [5.74, 6) is 0.0819. The molecule has 0 spiro atoms. The third kappa shape index (κ3) is 2.76. The molecule has 0 saturated carbocycles. The average molecular weight is 351 g/mol. The van der Waals surface area contributed by atoms with Gasteiger partial charge in [-0.2, -0.15) is 0 Å². The SMILES string of the molecule is Cc1[nH]c(=O)sc1S(=O)(=O)Nc1cnc(Br)cn1. The van der Waals surface area contributed by atoms with E-state index in [1.54, 1.807) is 0 Å². The van der Waals surface area contributed by atoms with E-state index < -0.39 is 14.9 Å². The highest BCUT2D eigenvalue weighted by Crippen LogP contribution is 2.19. The van der Waals surface area contributed by atoms with E-state index >= 15 is 0 Å². The first-order valence-corrected chi connectivity index (χ1v) is 7.68. The zero-order valence-electron chi connectivity index (χ0n) is 8.97. The molecular weight excluding hydrogens is 344 g/mol. The smallest absolute Gasteiger partial charge is 0.306 e. The molecular formula is C8H7BrN4O3S2. The van der Waals surface area contributed by atoms with Crippen LogP contribution in [0.15, 0.2) is 26.0 Å². The lowest BCUT2D eigenvalue weighted by Crippen LogP contribution is -2.13. The van der Waals surface area contributed by atoms with E-state index in [1.165, 1.54) is 19.3 Å². The summed E-state index contributed by atoms with van der Waals surface area (Å²) in [7, 11) is -3.82. The predicted octanol–water partition coefficient (Wildman–Crippen LogP) is 1.10. The fraction of sp³-hybridized carbons (Fsp3) is 0.125. The van der Waals surface area contributed by atoms with E-state index in [2.05, 4.69) is 35.6 Å². The highest BCUT2D eigenvalue weighted by atomic mass is 79.9. The fourth-order valence-corrected chi connectivity index (χ4v) is 3.70. The van der Waals surface area contributed by atoms with Gasteiger partial charge in [-0.15, -0.1) is 0 Å². The molecule has 7 nitrogen and oxygen atoms in total. The summed E-state index contributed by atoms with van der Waals surface area (Å²) in [6.45, 7) is 1.51. The molecule has 2 N–H and O–H groups in total. The molecule has 18 heavy (non-hydrogen) atoms. The molecule has 2 heterocycles. The Bertz CT molecular complexity index is 720. The summed E-state index contributed by atoms with van der Waals surface area (Å²) in [6, 6.07) is 0. The Hall–Kier alpha value is -1.26. The molecule has 0 saturated heterocycles. The normalized spacial score (nSPS) is 11.4. The van der Waals surface area contributed by atoms with Crippen molar-refractivity contribution in [3.05, 3.63) is 32.4 Å². The van der Waals surface area contributed by atoms with Gasteiger partial charge in [-0.05, 0) is 22.9 Å². The average Bonchev–Trinajstić information content (AvgIpc) is 2.62. The zero-order valence-corrected chi connectivity index (χ0v) is 12.2. The van der Waals surface area contributed by atoms with Gasteiger partial charge in [-0.25, -0.2) is 18.4 Å². The zero-order chi connectivity index (χ0) is 13.3. The number of aromatic amines is 1. The standard InChI is InChI=1S/C8H7BrN4O3S2/c1-4-7(17-8(14)12-4)18(15,16)13-6-3-10-5(9)2-11-6/h2-3H,1H3,(H,11,13)(H,12,14). The van der Waals surface area contributed by atoms with Gasteiger partial charge in [0.1, 0.15) is 4.60 Å². The Balaban J connectivity index is 2.36. The van der Waals surface area contributed by atoms with Crippen molar-refractivity contribution in [2.45, 2.75) is 11.1 Å². The van der Waals surface area contributed by atoms with Gasteiger partial charge in [0.05, 0.1) is 12.4 Å². The number of anilines is 1. The lowest BCUT2D eigenvalue weighted by Gasteiger charge is -2.05. The minimum atomic E-state index is -3.82. The summed E-state index contributed by atoms with van der Waals surface area (Å²) >= 11 is 3.71. The highest BCUT2D eigenvalue weighted by molar-refractivity contribution is 9.10. The van der Waals surface area contributed by atoms with Gasteiger partial charge in [0.15, 0.2) is 10.0 Å². The summed E-state index contributed by atoms with van der Waals surface area (Å²) in [5.41, 5.74) is 0.294. The van der Waals surface area contributed by atoms with Crippen molar-refractivity contribution in [1.82, 2.24) is 15.0 Å². The molecule has 0 aliphatic carbocycles. The fourth-order valence-electron chi connectivity index (χ4n) is 1.20. The number of nitrogens with one attached hydrogen (secondary N) is 2. The van der Waals surface area contributed by atoms with Crippen LogP contribution in [0.3, 0.4) is 0 Å². The van der Waals surface area contributed by atoms with Crippen molar-refractivity contribution >= 4 is 43.1 Å². The highest BCUT2D eigenvalue weighted by Gasteiger charge is 2.21. The van der Waals surface area contributed by atoms with E-state index in [0.717, 1.165) is 0 Å². The second-order valence-corrected chi connectivity index (χ2v) is 6.93. The van der Waals surface area contributed by atoms with Crippen LogP contribution in [0.1, 0.15) is 5.69 Å². The van der Waals surface area contributed by atoms with E-state index in [-0.39, 0.29) is 10.0 Å². The van der Waals surface area contributed by atoms with E-state index in [9.17, 15) is 13.2 Å². The first-order valence-electron chi connectivity index (χ1n) is 4.58. The van der Waals surface area contributed by atoms with Crippen LogP contribution in [0.5, 0.6) is 0 Å². The van der Waals surface area contributed by atoms with Crippen LogP contribution in [-0.2, 0) is 10.0 Å². The maximum atomic E-state index is 12.0. The quantitative estimate of drug-likeness (QED) is 0.862. The second-order valence-electron chi connectivity index (χ2n) is 3.26. The number of rotatable bonds is 3. The number of hydrogen-bond acceptors (Lipinski definition) is 6. The summed E-state index contributed by atoms with van der Waals surface area (Å²) in [6.07, 6.45) is 2.64. The topological polar surface area (TPSA) is 105 Å². The van der Waals surface area contributed by atoms with E-state index in [4.69, 9.17) is 0 Å². The number of halogens is 1. The van der Waals surface area contributed by atoms with Crippen molar-refractivity contribution in [3.8, 4) is 0 Å². The molecule has 0 amide bonds. The largest absolute Gasteiger partial charge is 0.315 e. The molecule has 0 aliphatic rings. The van der Waals surface area contributed by atoms with Crippen LogP contribution in [0.4, 0.5) is 5.82 Å². The molecule has 2 rings (SSSR count). The van der Waals surface area contributed by atoms with E-state index in [1.807, 2.05) is 0 Å². The van der Waals surface area contributed by atoms with Gasteiger partial charge in [0.25, 0.3) is 10.0 Å². The van der Waals surface area contributed by atoms with Gasteiger partial charge in [-0.1, -0.05) is 11.3 Å². The van der Waals surface area contributed by atoms with Crippen LogP contribution >= 0.6 is 27.3 Å². The van der Waals surface area contributed by atoms with Crippen molar-refractivity contribution < 1.29 is 8.42 Å². The van der Waals surface area contributed by atoms with Crippen LogP contribution in [-0.4, -0.2) is 23.4 Å². The van der Waals surface area contributed by atoms with Crippen molar-refractivity contribution in [1.29, 1.82) is 0 Å². The van der Waals surface area contributed by atoms with Crippen LogP contribution < -0.4 is 9.60 Å². The van der Waals surface area contributed by atoms with Crippen LogP contribution in [0.2, 0.25) is 0 Å². The third-order valence-electron chi connectivity index (χ3n) is 1.88. The number of aromatic nitrogens is 3. The number of thiazole rings is 1. The van der Waals surface area contributed by atoms with Crippen molar-refractivity contribution in [3.63, 3.8) is 0 Å². The lowest BCUT2D eigenvalue weighted by atomic mass is 10.6. The lowest BCUT2D eigenvalue weighted by molar-refractivity contribution is 0.602. The van der Waals surface area contributed by atoms with Crippen LogP contribution in [0.25, 0.3) is 0 Å². The molecule has 0 atom stereocenters. The van der Waals surface area contributed by atoms with Crippen molar-refractivity contribution in [2.24, 2.45) is 0 Å². The molecule has 0 fully saturated rings. The number of H-pyrrole nitrogens is 1. The predicted molar refractivity (Wildman–Crippen MR) is 70.2 cm³/mol. The Morgan fingerprint density at radius 3 is 2.61 bits per heavy atom. The monoisotopic (exact) mass is 350 g/mol. The summed E-state index contributed by atoms with van der Waals surface area (Å²) < 4.78 is 26.6. The maximum absolute atomic E-state index is 12.0. The Kier molecular flexibility index (Phi) is 3.50. The first-order chi connectivity index (χ1) is 8.38. The first kappa shape index (κ1) is 13.2. The molecule has 2 aromatic heterocycles. The number of sulfonamides is 1. The Morgan fingerprint density at radius 2 is 2.11 bits per heavy atom. The summed E-state index contributed by atoms with van der Waals surface area (Å²) in [4.78, 5) is 20.8. The van der Waals surface area contributed by atoms with Gasteiger partial charge >= 0.3 is 4.87 Å². The maximum Gasteiger partial charge on any atom is 0.306 e. The van der Waals surface area contributed by atoms with Crippen LogP contribution in [0, 0.1) is 6.92 Å². The van der Waals surface area contributed by atoms with Gasteiger partial charge < -0.3 is 4.98 Å². The third-order valence-corrected chi connectivity index (χ3v) is 5.25. The minimum Gasteiger partial charge on any atom is -0.315 e. The molecule has 0 aromatic carbocycles. The minimum absolute atomic E-state index is 0.0581. The van der Waals surface area contributed by atoms with Gasteiger partial charge in [0, 0.05) is 5.69 Å². The Morgan fingerprint density at radius 1 is 1.39 bits per heavy atom. The number of aryl methyl sites for hydroxylation is 1.